The molecule has 0 radical (unpaired) electrons. The summed E-state index contributed by atoms with van der Waals surface area (Å²) in [5, 5.41) is 0. The van der Waals surface area contributed by atoms with Crippen LogP contribution in [0, 0.1) is 0 Å². The highest BCUT2D eigenvalue weighted by atomic mass is 16.5. The number of Topliss-reactive ketones (excluding diaryl/α,β-unsaturated/α-hetero) is 1. The van der Waals surface area contributed by atoms with Crippen LogP contribution in [0.25, 0.3) is 0 Å². The second kappa shape index (κ2) is 4.63. The van der Waals surface area contributed by atoms with Gasteiger partial charge in [0.15, 0.2) is 5.78 Å². The average Bonchev–Trinajstić information content (AvgIpc) is 2.27. The molecule has 2 N–H and O–H groups in total. The number of likely N-dealkylation sites (N-methyl/N-ethyl adjacent to an activating group) is 1. The molecule has 1 aromatic carbocycles. The molecule has 1 aliphatic heterocycles. The Morgan fingerprint density at radius 1 is 1.44 bits per heavy atom. The van der Waals surface area contributed by atoms with E-state index in [1.54, 1.807) is 12.1 Å². The number of ketones is 1. The Morgan fingerprint density at radius 2 is 2.06 bits per heavy atom. The maximum absolute atomic E-state index is 11.3. The van der Waals surface area contributed by atoms with Crippen molar-refractivity contribution < 1.29 is 9.53 Å². The van der Waals surface area contributed by atoms with Crippen molar-refractivity contribution in [1.82, 2.24) is 4.90 Å². The quantitative estimate of drug-likeness (QED) is 0.752. The van der Waals surface area contributed by atoms with Crippen LogP contribution in [-0.4, -0.2) is 43.5 Å². The van der Waals surface area contributed by atoms with Gasteiger partial charge in [-0.2, -0.15) is 0 Å². The summed E-state index contributed by atoms with van der Waals surface area (Å²) < 4.78 is 5.70. The van der Waals surface area contributed by atoms with E-state index in [-0.39, 0.29) is 18.4 Å². The molecule has 0 atom stereocenters. The van der Waals surface area contributed by atoms with E-state index in [4.69, 9.17) is 10.5 Å². The number of ether oxygens (including phenoxy) is 1. The lowest BCUT2D eigenvalue weighted by atomic mass is 10.1. The molecule has 0 aromatic heterocycles. The van der Waals surface area contributed by atoms with Gasteiger partial charge in [0.25, 0.3) is 0 Å². The molecule has 0 bridgehead atoms. The molecule has 1 heterocycles. The number of carbonyl (C=O) groups excluding carboxylic acids is 1. The van der Waals surface area contributed by atoms with Crippen molar-refractivity contribution in [1.29, 1.82) is 0 Å². The molecule has 4 nitrogen and oxygen atoms in total. The number of benzene rings is 1. The molecule has 0 unspecified atom stereocenters. The second-order valence-corrected chi connectivity index (χ2v) is 4.11. The van der Waals surface area contributed by atoms with Crippen molar-refractivity contribution >= 4 is 5.78 Å². The van der Waals surface area contributed by atoms with E-state index in [1.807, 2.05) is 12.1 Å². The smallest absolute Gasteiger partial charge is 0.176 e. The highest BCUT2D eigenvalue weighted by Crippen LogP contribution is 2.17. The molecule has 1 aliphatic rings. The molecule has 16 heavy (non-hydrogen) atoms. The minimum Gasteiger partial charge on any atom is -0.488 e. The lowest BCUT2D eigenvalue weighted by molar-refractivity contribution is 0.0388. The number of hydrogen-bond donors (Lipinski definition) is 1. The molecule has 2 rings (SSSR count). The predicted molar refractivity (Wildman–Crippen MR) is 61.7 cm³/mol. The first kappa shape index (κ1) is 11.1. The van der Waals surface area contributed by atoms with E-state index in [1.165, 1.54) is 0 Å². The summed E-state index contributed by atoms with van der Waals surface area (Å²) in [6, 6.07) is 7.15. The molecule has 0 spiro atoms. The molecule has 86 valence electrons. The zero-order valence-electron chi connectivity index (χ0n) is 9.35. The Bertz CT molecular complexity index is 369. The highest BCUT2D eigenvalue weighted by molar-refractivity contribution is 5.97. The Hall–Kier alpha value is -1.39. The first-order chi connectivity index (χ1) is 7.69. The van der Waals surface area contributed by atoms with Crippen LogP contribution >= 0.6 is 0 Å². The summed E-state index contributed by atoms with van der Waals surface area (Å²) in [4.78, 5) is 13.5. The summed E-state index contributed by atoms with van der Waals surface area (Å²) in [7, 11) is 2.06. The van der Waals surface area contributed by atoms with Crippen LogP contribution < -0.4 is 10.5 Å². The first-order valence-electron chi connectivity index (χ1n) is 5.37. The van der Waals surface area contributed by atoms with E-state index in [0.717, 1.165) is 18.8 Å². The monoisotopic (exact) mass is 220 g/mol. The number of hydrogen-bond acceptors (Lipinski definition) is 4. The van der Waals surface area contributed by atoms with Gasteiger partial charge in [0, 0.05) is 18.7 Å². The maximum atomic E-state index is 11.3. The van der Waals surface area contributed by atoms with E-state index < -0.39 is 0 Å². The zero-order valence-corrected chi connectivity index (χ0v) is 9.35. The number of carbonyl (C=O) groups is 1. The Morgan fingerprint density at radius 3 is 2.56 bits per heavy atom. The van der Waals surface area contributed by atoms with Gasteiger partial charge < -0.3 is 10.5 Å². The fraction of sp³-hybridized carbons (Fsp3) is 0.417. The molecule has 1 aromatic rings. The minimum atomic E-state index is -0.0464. The van der Waals surface area contributed by atoms with Gasteiger partial charge in [0.05, 0.1) is 6.54 Å². The molecule has 1 saturated heterocycles. The average molecular weight is 220 g/mol. The Labute approximate surface area is 95.0 Å². The lowest BCUT2D eigenvalue weighted by Crippen LogP contribution is -2.51. The predicted octanol–water partition coefficient (Wildman–Crippen LogP) is 0.521. The molecule has 1 fully saturated rings. The fourth-order valence-electron chi connectivity index (χ4n) is 1.75. The van der Waals surface area contributed by atoms with Crippen LogP contribution in [0.2, 0.25) is 0 Å². The van der Waals surface area contributed by atoms with E-state index >= 15 is 0 Å². The van der Waals surface area contributed by atoms with Gasteiger partial charge in [-0.25, -0.2) is 0 Å². The van der Waals surface area contributed by atoms with Crippen LogP contribution in [0.15, 0.2) is 24.3 Å². The molecular formula is C12H16N2O2. The van der Waals surface area contributed by atoms with E-state index in [0.29, 0.717) is 5.56 Å². The fourth-order valence-corrected chi connectivity index (χ4v) is 1.75. The third-order valence-electron chi connectivity index (χ3n) is 2.70. The number of nitrogens with two attached hydrogens (primary N) is 1. The van der Waals surface area contributed by atoms with Gasteiger partial charge in [0.2, 0.25) is 0 Å². The Balaban J connectivity index is 1.94. The van der Waals surface area contributed by atoms with Crippen molar-refractivity contribution in [3.63, 3.8) is 0 Å². The van der Waals surface area contributed by atoms with Crippen molar-refractivity contribution in [3.8, 4) is 5.75 Å². The highest BCUT2D eigenvalue weighted by Gasteiger charge is 2.24. The molecule has 4 heteroatoms. The van der Waals surface area contributed by atoms with Gasteiger partial charge in [0.1, 0.15) is 11.9 Å². The standard InChI is InChI=1S/C12H16N2O2/c1-14-7-11(8-14)16-10-4-2-9(3-5-10)12(15)6-13/h2-5,11H,6-8,13H2,1H3. The van der Waals surface area contributed by atoms with Crippen LogP contribution in [0.3, 0.4) is 0 Å². The van der Waals surface area contributed by atoms with E-state index in [9.17, 15) is 4.79 Å². The molecular weight excluding hydrogens is 204 g/mol. The van der Waals surface area contributed by atoms with Gasteiger partial charge in [-0.05, 0) is 31.3 Å². The van der Waals surface area contributed by atoms with Crippen LogP contribution in [0.4, 0.5) is 0 Å². The SMILES string of the molecule is CN1CC(Oc2ccc(C(=O)CN)cc2)C1. The van der Waals surface area contributed by atoms with Crippen LogP contribution in [-0.2, 0) is 0 Å². The number of likely N-dealkylation sites (tertiary alicyclic amines) is 1. The van der Waals surface area contributed by atoms with Crippen LogP contribution in [0.1, 0.15) is 10.4 Å². The van der Waals surface area contributed by atoms with Crippen molar-refractivity contribution in [3.05, 3.63) is 29.8 Å². The summed E-state index contributed by atoms with van der Waals surface area (Å²) in [5.74, 6) is 0.765. The lowest BCUT2D eigenvalue weighted by Gasteiger charge is -2.35. The molecule has 0 saturated carbocycles. The van der Waals surface area contributed by atoms with E-state index in [2.05, 4.69) is 11.9 Å². The summed E-state index contributed by atoms with van der Waals surface area (Å²) >= 11 is 0. The van der Waals surface area contributed by atoms with Crippen molar-refractivity contribution in [2.24, 2.45) is 5.73 Å². The zero-order chi connectivity index (χ0) is 11.5. The van der Waals surface area contributed by atoms with Crippen LogP contribution in [0.5, 0.6) is 5.75 Å². The summed E-state index contributed by atoms with van der Waals surface area (Å²) in [6.07, 6.45) is 0.279. The number of nitrogens with zero attached hydrogens (tertiary/aromatic N) is 1. The minimum absolute atomic E-state index is 0.0464. The summed E-state index contributed by atoms with van der Waals surface area (Å²) in [6.45, 7) is 1.97. The van der Waals surface area contributed by atoms with Gasteiger partial charge in [-0.1, -0.05) is 0 Å². The van der Waals surface area contributed by atoms with Crippen molar-refractivity contribution in [2.75, 3.05) is 26.7 Å². The topological polar surface area (TPSA) is 55.6 Å². The largest absolute Gasteiger partial charge is 0.488 e. The Kier molecular flexibility index (Phi) is 3.22. The first-order valence-corrected chi connectivity index (χ1v) is 5.37. The van der Waals surface area contributed by atoms with Gasteiger partial charge >= 0.3 is 0 Å². The third-order valence-corrected chi connectivity index (χ3v) is 2.70. The maximum Gasteiger partial charge on any atom is 0.176 e. The molecule has 0 aliphatic carbocycles. The van der Waals surface area contributed by atoms with Gasteiger partial charge in [-0.15, -0.1) is 0 Å². The second-order valence-electron chi connectivity index (χ2n) is 4.11. The third kappa shape index (κ3) is 2.40. The number of rotatable bonds is 4. The van der Waals surface area contributed by atoms with Crippen molar-refractivity contribution in [2.45, 2.75) is 6.10 Å². The van der Waals surface area contributed by atoms with Gasteiger partial charge in [-0.3, -0.25) is 9.69 Å². The normalized spacial score (nSPS) is 16.9. The molecule has 0 amide bonds. The summed E-state index contributed by atoms with van der Waals surface area (Å²) in [5.41, 5.74) is 5.92.